The second kappa shape index (κ2) is 5.46. The number of hydrogen-bond donors (Lipinski definition) is 3. The number of rotatable bonds is 4. The van der Waals surface area contributed by atoms with Gasteiger partial charge < -0.3 is 25.5 Å². The summed E-state index contributed by atoms with van der Waals surface area (Å²) in [6.45, 7) is 6.47. The molecule has 2 atom stereocenters. The van der Waals surface area contributed by atoms with Crippen LogP contribution in [0.4, 0.5) is 5.69 Å². The third kappa shape index (κ3) is 2.81. The van der Waals surface area contributed by atoms with Crippen molar-refractivity contribution in [3.05, 3.63) is 18.0 Å². The van der Waals surface area contributed by atoms with E-state index in [9.17, 15) is 9.90 Å². The predicted octanol–water partition coefficient (Wildman–Crippen LogP) is 0.921. The predicted molar refractivity (Wildman–Crippen MR) is 76.5 cm³/mol. The fourth-order valence-electron chi connectivity index (χ4n) is 2.44. The zero-order valence-corrected chi connectivity index (χ0v) is 12.2. The van der Waals surface area contributed by atoms with Gasteiger partial charge in [0.2, 0.25) is 0 Å². The summed E-state index contributed by atoms with van der Waals surface area (Å²) >= 11 is 0. The number of aliphatic hydroxyl groups is 1. The molecule has 0 saturated carbocycles. The Morgan fingerprint density at radius 1 is 1.70 bits per heavy atom. The largest absolute Gasteiger partial charge is 0.397 e. The average Bonchev–Trinajstić information content (AvgIpc) is 2.92. The Hall–Kier alpha value is -1.53. The highest BCUT2D eigenvalue weighted by molar-refractivity contribution is 5.93. The molecule has 2 unspecified atom stereocenters. The van der Waals surface area contributed by atoms with Crippen molar-refractivity contribution in [1.82, 2.24) is 9.88 Å². The summed E-state index contributed by atoms with van der Waals surface area (Å²) in [5.74, 6) is -0.233. The van der Waals surface area contributed by atoms with Crippen LogP contribution in [0.15, 0.2) is 12.3 Å². The molecule has 2 rings (SSSR count). The Kier molecular flexibility index (Phi) is 4.06. The van der Waals surface area contributed by atoms with Crippen LogP contribution in [0.3, 0.4) is 0 Å². The number of amides is 1. The molecule has 1 fully saturated rings. The summed E-state index contributed by atoms with van der Waals surface area (Å²) in [6, 6.07) is 1.79. The summed E-state index contributed by atoms with van der Waals surface area (Å²) in [7, 11) is 0. The molecule has 1 amide bonds. The van der Waals surface area contributed by atoms with E-state index in [1.54, 1.807) is 12.3 Å². The van der Waals surface area contributed by atoms with Crippen molar-refractivity contribution in [2.75, 3.05) is 18.9 Å². The maximum atomic E-state index is 12.2. The highest BCUT2D eigenvalue weighted by Crippen LogP contribution is 2.25. The van der Waals surface area contributed by atoms with Gasteiger partial charge in [0.15, 0.2) is 0 Å². The van der Waals surface area contributed by atoms with Gasteiger partial charge in [0.25, 0.3) is 5.91 Å². The van der Waals surface area contributed by atoms with Gasteiger partial charge in [-0.05, 0) is 26.8 Å². The number of anilines is 1. The van der Waals surface area contributed by atoms with E-state index < -0.39 is 5.60 Å². The van der Waals surface area contributed by atoms with Crippen LogP contribution in [0.25, 0.3) is 0 Å². The van der Waals surface area contributed by atoms with Gasteiger partial charge in [-0.2, -0.15) is 0 Å². The van der Waals surface area contributed by atoms with Gasteiger partial charge in [0, 0.05) is 31.8 Å². The molecule has 4 N–H and O–H groups in total. The lowest BCUT2D eigenvalue weighted by Gasteiger charge is -2.26. The van der Waals surface area contributed by atoms with Crippen LogP contribution in [-0.4, -0.2) is 40.4 Å². The lowest BCUT2D eigenvalue weighted by atomic mass is 9.97. The van der Waals surface area contributed by atoms with E-state index in [2.05, 4.69) is 5.32 Å². The fraction of sp³-hybridized carbons (Fsp3) is 0.643. The summed E-state index contributed by atoms with van der Waals surface area (Å²) < 4.78 is 7.17. The van der Waals surface area contributed by atoms with Crippen LogP contribution in [0, 0.1) is 0 Å². The van der Waals surface area contributed by atoms with E-state index >= 15 is 0 Å². The Balaban J connectivity index is 2.06. The van der Waals surface area contributed by atoms with Crippen molar-refractivity contribution in [2.24, 2.45) is 0 Å². The highest BCUT2D eigenvalue weighted by atomic mass is 16.5. The number of ether oxygens (including phenoxy) is 1. The molecule has 2 heterocycles. The summed E-state index contributed by atoms with van der Waals surface area (Å²) in [5, 5.41) is 13.1. The van der Waals surface area contributed by atoms with Crippen molar-refractivity contribution in [1.29, 1.82) is 0 Å². The lowest BCUT2D eigenvalue weighted by Crippen LogP contribution is -2.47. The minimum absolute atomic E-state index is 0.143. The minimum Gasteiger partial charge on any atom is -0.397 e. The number of carbonyl (C=O) groups excluding carboxylic acids is 1. The van der Waals surface area contributed by atoms with Crippen LogP contribution < -0.4 is 11.1 Å². The molecular formula is C14H23N3O3. The summed E-state index contributed by atoms with van der Waals surface area (Å²) in [5.41, 5.74) is 5.82. The molecule has 1 aromatic rings. The first-order valence-electron chi connectivity index (χ1n) is 6.93. The Morgan fingerprint density at radius 3 is 2.95 bits per heavy atom. The van der Waals surface area contributed by atoms with E-state index in [0.29, 0.717) is 24.4 Å². The topological polar surface area (TPSA) is 89.5 Å². The van der Waals surface area contributed by atoms with Gasteiger partial charge in [-0.3, -0.25) is 4.79 Å². The molecule has 6 heteroatoms. The summed E-state index contributed by atoms with van der Waals surface area (Å²) in [4.78, 5) is 12.2. The van der Waals surface area contributed by atoms with Gasteiger partial charge in [0.1, 0.15) is 11.3 Å². The normalized spacial score (nSPS) is 26.1. The van der Waals surface area contributed by atoms with Gasteiger partial charge in [0.05, 0.1) is 11.8 Å². The van der Waals surface area contributed by atoms with Crippen molar-refractivity contribution < 1.29 is 14.6 Å². The first kappa shape index (κ1) is 14.9. The molecule has 0 radical (unpaired) electrons. The Morgan fingerprint density at radius 2 is 2.40 bits per heavy atom. The SMILES string of the molecule is CC(C)n1cc(N)cc1C(=O)NCC1(O)CCOC1C. The van der Waals surface area contributed by atoms with Crippen molar-refractivity contribution in [3.8, 4) is 0 Å². The maximum absolute atomic E-state index is 12.2. The first-order valence-corrected chi connectivity index (χ1v) is 6.93. The molecule has 0 spiro atoms. The van der Waals surface area contributed by atoms with Crippen molar-refractivity contribution in [3.63, 3.8) is 0 Å². The van der Waals surface area contributed by atoms with E-state index in [4.69, 9.17) is 10.5 Å². The fourth-order valence-corrected chi connectivity index (χ4v) is 2.44. The molecule has 1 aromatic heterocycles. The molecule has 20 heavy (non-hydrogen) atoms. The standard InChI is InChI=1S/C14H23N3O3/c1-9(2)17-7-11(15)6-12(17)13(18)16-8-14(19)4-5-20-10(14)3/h6-7,9-10,19H,4-5,8,15H2,1-3H3,(H,16,18). The molecular weight excluding hydrogens is 258 g/mol. The number of nitrogens with zero attached hydrogens (tertiary/aromatic N) is 1. The van der Waals surface area contributed by atoms with Crippen molar-refractivity contribution >= 4 is 11.6 Å². The summed E-state index contributed by atoms with van der Waals surface area (Å²) in [6.07, 6.45) is 2.00. The van der Waals surface area contributed by atoms with E-state index in [0.717, 1.165) is 0 Å². The number of carbonyl (C=O) groups is 1. The van der Waals surface area contributed by atoms with E-state index in [1.807, 2.05) is 25.3 Å². The van der Waals surface area contributed by atoms with Gasteiger partial charge in [-0.15, -0.1) is 0 Å². The van der Waals surface area contributed by atoms with Crippen LogP contribution in [-0.2, 0) is 4.74 Å². The second-order valence-electron chi connectivity index (χ2n) is 5.71. The third-order valence-electron chi connectivity index (χ3n) is 3.87. The quantitative estimate of drug-likeness (QED) is 0.765. The molecule has 112 valence electrons. The van der Waals surface area contributed by atoms with Crippen molar-refractivity contribution in [2.45, 2.75) is 44.9 Å². The van der Waals surface area contributed by atoms with E-state index in [1.165, 1.54) is 0 Å². The average molecular weight is 281 g/mol. The molecule has 1 saturated heterocycles. The molecule has 1 aliphatic rings. The number of nitrogens with one attached hydrogen (secondary N) is 1. The molecule has 0 aromatic carbocycles. The maximum Gasteiger partial charge on any atom is 0.268 e. The zero-order valence-electron chi connectivity index (χ0n) is 12.2. The Bertz CT molecular complexity index is 498. The Labute approximate surface area is 118 Å². The van der Waals surface area contributed by atoms with Gasteiger partial charge in [-0.1, -0.05) is 0 Å². The molecule has 6 nitrogen and oxygen atoms in total. The monoisotopic (exact) mass is 281 g/mol. The smallest absolute Gasteiger partial charge is 0.268 e. The van der Waals surface area contributed by atoms with Crippen LogP contribution in [0.1, 0.15) is 43.7 Å². The van der Waals surface area contributed by atoms with Crippen LogP contribution in [0.5, 0.6) is 0 Å². The lowest BCUT2D eigenvalue weighted by molar-refractivity contribution is -0.0252. The molecule has 1 aliphatic heterocycles. The zero-order chi connectivity index (χ0) is 14.9. The highest BCUT2D eigenvalue weighted by Gasteiger charge is 2.39. The minimum atomic E-state index is -0.990. The van der Waals surface area contributed by atoms with Gasteiger partial charge >= 0.3 is 0 Å². The molecule has 0 bridgehead atoms. The van der Waals surface area contributed by atoms with Gasteiger partial charge in [-0.25, -0.2) is 0 Å². The number of hydrogen-bond acceptors (Lipinski definition) is 4. The number of nitrogen functional groups attached to an aromatic ring is 1. The first-order chi connectivity index (χ1) is 9.33. The van der Waals surface area contributed by atoms with E-state index in [-0.39, 0.29) is 24.6 Å². The third-order valence-corrected chi connectivity index (χ3v) is 3.87. The van der Waals surface area contributed by atoms with Crippen LogP contribution >= 0.6 is 0 Å². The number of nitrogens with two attached hydrogens (primary N) is 1. The van der Waals surface area contributed by atoms with Crippen LogP contribution in [0.2, 0.25) is 0 Å². The number of aromatic nitrogens is 1. The second-order valence-corrected chi connectivity index (χ2v) is 5.71. The molecule has 0 aliphatic carbocycles.